The van der Waals surface area contributed by atoms with Crippen LogP contribution >= 0.6 is 23.2 Å². The molecular weight excluding hydrogens is 513 g/mol. The van der Waals surface area contributed by atoms with Gasteiger partial charge < -0.3 is 10.1 Å². The smallest absolute Gasteiger partial charge is 0.345 e. The van der Waals surface area contributed by atoms with Crippen LogP contribution in [0.3, 0.4) is 0 Å². The number of esters is 1. The number of nitrogens with zero attached hydrogens (tertiary/aromatic N) is 1. The molecule has 0 saturated heterocycles. The second kappa shape index (κ2) is 11.7. The van der Waals surface area contributed by atoms with Crippen LogP contribution in [0.15, 0.2) is 84.0 Å². The number of halogens is 2. The van der Waals surface area contributed by atoms with Crippen molar-refractivity contribution in [1.82, 2.24) is 5.43 Å². The summed E-state index contributed by atoms with van der Waals surface area (Å²) in [5.41, 5.74) is 4.37. The summed E-state index contributed by atoms with van der Waals surface area (Å²) in [7, 11) is 0. The van der Waals surface area contributed by atoms with Gasteiger partial charge in [0.25, 0.3) is 0 Å². The first-order chi connectivity index (χ1) is 17.9. The van der Waals surface area contributed by atoms with Crippen LogP contribution < -0.4 is 15.5 Å². The van der Waals surface area contributed by atoms with Gasteiger partial charge in [-0.15, -0.1) is 0 Å². The highest BCUT2D eigenvalue weighted by Gasteiger charge is 2.17. The number of fused-ring (bicyclic) bond motifs is 1. The maximum absolute atomic E-state index is 12.8. The Kier molecular flexibility index (Phi) is 8.18. The summed E-state index contributed by atoms with van der Waals surface area (Å²) >= 11 is 12.1. The monoisotopic (exact) mass is 533 g/mol. The minimum Gasteiger partial charge on any atom is -0.422 e. The molecule has 4 aromatic rings. The number of anilines is 1. The standard InChI is InChI=1S/C28H21Cl2N3O4/c1-2-17-7-11-20(12-8-17)32-26(34)27(35)33-31-16-23-21-6-4-3-5-18(21)9-14-25(23)37-28(36)22-13-10-19(29)15-24(22)30/h3-16H,2H2,1H3,(H,32,34)(H,33,35). The normalized spacial score (nSPS) is 10.9. The molecule has 0 bridgehead atoms. The second-order valence-corrected chi connectivity index (χ2v) is 8.76. The Labute approximate surface area is 223 Å². The number of benzene rings is 4. The Bertz CT molecular complexity index is 1520. The molecule has 0 aliphatic heterocycles. The quantitative estimate of drug-likeness (QED) is 0.104. The fourth-order valence-corrected chi connectivity index (χ4v) is 4.01. The molecule has 0 heterocycles. The maximum Gasteiger partial charge on any atom is 0.345 e. The van der Waals surface area contributed by atoms with Gasteiger partial charge in [-0.05, 0) is 59.2 Å². The molecule has 2 N–H and O–H groups in total. The molecule has 2 amide bonds. The highest BCUT2D eigenvalue weighted by molar-refractivity contribution is 6.39. The Morgan fingerprint density at radius 3 is 2.41 bits per heavy atom. The SMILES string of the molecule is CCc1ccc(NC(=O)C(=O)NN=Cc2c(OC(=O)c3ccc(Cl)cc3Cl)ccc3ccccc23)cc1. The van der Waals surface area contributed by atoms with E-state index in [4.69, 9.17) is 27.9 Å². The van der Waals surface area contributed by atoms with E-state index in [0.29, 0.717) is 21.7 Å². The summed E-state index contributed by atoms with van der Waals surface area (Å²) in [5.74, 6) is -2.33. The van der Waals surface area contributed by atoms with E-state index in [1.54, 1.807) is 24.3 Å². The van der Waals surface area contributed by atoms with E-state index in [9.17, 15) is 14.4 Å². The molecule has 186 valence electrons. The first kappa shape index (κ1) is 25.9. The van der Waals surface area contributed by atoms with E-state index in [1.807, 2.05) is 43.3 Å². The highest BCUT2D eigenvalue weighted by Crippen LogP contribution is 2.29. The molecule has 0 atom stereocenters. The highest BCUT2D eigenvalue weighted by atomic mass is 35.5. The van der Waals surface area contributed by atoms with Crippen LogP contribution in [0, 0.1) is 0 Å². The van der Waals surface area contributed by atoms with E-state index in [-0.39, 0.29) is 16.3 Å². The Morgan fingerprint density at radius 2 is 1.68 bits per heavy atom. The topological polar surface area (TPSA) is 96.9 Å². The number of aryl methyl sites for hydroxylation is 1. The van der Waals surface area contributed by atoms with Gasteiger partial charge in [-0.25, -0.2) is 10.2 Å². The number of hydrogen-bond donors (Lipinski definition) is 2. The lowest BCUT2D eigenvalue weighted by molar-refractivity contribution is -0.136. The Balaban J connectivity index is 1.53. The average molecular weight is 534 g/mol. The lowest BCUT2D eigenvalue weighted by atomic mass is 10.0. The molecule has 4 rings (SSSR count). The summed E-state index contributed by atoms with van der Waals surface area (Å²) in [6.45, 7) is 2.02. The zero-order chi connectivity index (χ0) is 26.4. The van der Waals surface area contributed by atoms with Crippen LogP contribution in [-0.4, -0.2) is 24.0 Å². The van der Waals surface area contributed by atoms with Gasteiger partial charge >= 0.3 is 17.8 Å². The number of rotatable bonds is 6. The van der Waals surface area contributed by atoms with Crippen LogP contribution in [-0.2, 0) is 16.0 Å². The van der Waals surface area contributed by atoms with Crippen LogP contribution in [0.5, 0.6) is 5.75 Å². The number of carbonyl (C=O) groups is 3. The van der Waals surface area contributed by atoms with Gasteiger partial charge in [-0.2, -0.15) is 5.10 Å². The van der Waals surface area contributed by atoms with Gasteiger partial charge in [0.1, 0.15) is 5.75 Å². The molecule has 0 aromatic heterocycles. The van der Waals surface area contributed by atoms with Gasteiger partial charge in [-0.3, -0.25) is 9.59 Å². The molecule has 0 fully saturated rings. The van der Waals surface area contributed by atoms with Gasteiger partial charge in [0.05, 0.1) is 16.8 Å². The number of ether oxygens (including phenoxy) is 1. The maximum atomic E-state index is 12.8. The fourth-order valence-electron chi connectivity index (χ4n) is 3.53. The summed E-state index contributed by atoms with van der Waals surface area (Å²) in [6, 6.07) is 22.4. The summed E-state index contributed by atoms with van der Waals surface area (Å²) in [5, 5.41) is 8.56. The van der Waals surface area contributed by atoms with Crippen molar-refractivity contribution in [2.75, 3.05) is 5.32 Å². The number of hydrogen-bond acceptors (Lipinski definition) is 5. The third-order valence-electron chi connectivity index (χ3n) is 5.47. The number of nitrogens with one attached hydrogen (secondary N) is 2. The van der Waals surface area contributed by atoms with Crippen LogP contribution in [0.25, 0.3) is 10.8 Å². The number of carbonyl (C=O) groups excluding carboxylic acids is 3. The molecule has 0 aliphatic rings. The molecule has 7 nitrogen and oxygen atoms in total. The zero-order valence-electron chi connectivity index (χ0n) is 19.6. The summed E-state index contributed by atoms with van der Waals surface area (Å²) < 4.78 is 5.61. The van der Waals surface area contributed by atoms with Crippen molar-refractivity contribution in [3.63, 3.8) is 0 Å². The first-order valence-electron chi connectivity index (χ1n) is 11.3. The largest absolute Gasteiger partial charge is 0.422 e. The molecule has 37 heavy (non-hydrogen) atoms. The van der Waals surface area contributed by atoms with Gasteiger partial charge in [-0.1, -0.05) is 72.6 Å². The third-order valence-corrected chi connectivity index (χ3v) is 6.02. The third kappa shape index (κ3) is 6.33. The van der Waals surface area contributed by atoms with E-state index < -0.39 is 17.8 Å². The van der Waals surface area contributed by atoms with Gasteiger partial charge in [0, 0.05) is 16.3 Å². The van der Waals surface area contributed by atoms with Crippen LogP contribution in [0.2, 0.25) is 10.0 Å². The van der Waals surface area contributed by atoms with E-state index in [1.165, 1.54) is 24.4 Å². The van der Waals surface area contributed by atoms with Crippen molar-refractivity contribution in [1.29, 1.82) is 0 Å². The molecule has 0 spiro atoms. The predicted octanol–water partition coefficient (Wildman–Crippen LogP) is 6.02. The second-order valence-electron chi connectivity index (χ2n) is 7.92. The van der Waals surface area contributed by atoms with Crippen molar-refractivity contribution in [3.8, 4) is 5.75 Å². The molecule has 0 saturated carbocycles. The van der Waals surface area contributed by atoms with Crippen LogP contribution in [0.1, 0.15) is 28.4 Å². The molecule has 0 aliphatic carbocycles. The van der Waals surface area contributed by atoms with Crippen molar-refractivity contribution in [2.24, 2.45) is 5.10 Å². The lowest BCUT2D eigenvalue weighted by Crippen LogP contribution is -2.32. The Morgan fingerprint density at radius 1 is 0.919 bits per heavy atom. The fraction of sp³-hybridized carbons (Fsp3) is 0.0714. The first-order valence-corrected chi connectivity index (χ1v) is 12.0. The average Bonchev–Trinajstić information content (AvgIpc) is 2.89. The molecule has 0 unspecified atom stereocenters. The predicted molar refractivity (Wildman–Crippen MR) is 146 cm³/mol. The molecule has 0 radical (unpaired) electrons. The van der Waals surface area contributed by atoms with Crippen molar-refractivity contribution < 1.29 is 19.1 Å². The number of hydrazone groups is 1. The van der Waals surface area contributed by atoms with E-state index in [0.717, 1.165) is 17.4 Å². The number of amides is 2. The van der Waals surface area contributed by atoms with Crippen molar-refractivity contribution >= 4 is 63.7 Å². The minimum atomic E-state index is -0.956. The molecule has 9 heteroatoms. The zero-order valence-corrected chi connectivity index (χ0v) is 21.1. The van der Waals surface area contributed by atoms with Gasteiger partial charge in [0.15, 0.2) is 0 Å². The summed E-state index contributed by atoms with van der Waals surface area (Å²) in [4.78, 5) is 37.4. The minimum absolute atomic E-state index is 0.138. The lowest BCUT2D eigenvalue weighted by Gasteiger charge is -2.11. The molecular formula is C28H21Cl2N3O4. The van der Waals surface area contributed by atoms with Crippen molar-refractivity contribution in [3.05, 3.63) is 106 Å². The Hall–Kier alpha value is -4.20. The summed E-state index contributed by atoms with van der Waals surface area (Å²) in [6.07, 6.45) is 2.18. The molecule has 4 aromatic carbocycles. The van der Waals surface area contributed by atoms with Crippen LogP contribution in [0.4, 0.5) is 5.69 Å². The van der Waals surface area contributed by atoms with Crippen molar-refractivity contribution in [2.45, 2.75) is 13.3 Å². The van der Waals surface area contributed by atoms with Gasteiger partial charge in [0.2, 0.25) is 0 Å². The van der Waals surface area contributed by atoms with E-state index >= 15 is 0 Å². The van der Waals surface area contributed by atoms with E-state index in [2.05, 4.69) is 15.8 Å².